The van der Waals surface area contributed by atoms with E-state index in [1.54, 1.807) is 29.4 Å². The maximum atomic E-state index is 12.6. The fourth-order valence-electron chi connectivity index (χ4n) is 3.00. The maximum absolute atomic E-state index is 12.6. The number of thioether (sulfide) groups is 1. The van der Waals surface area contributed by atoms with Crippen LogP contribution in [0.15, 0.2) is 64.5 Å². The van der Waals surface area contributed by atoms with Crippen molar-refractivity contribution in [2.75, 3.05) is 0 Å². The van der Waals surface area contributed by atoms with E-state index in [0.717, 1.165) is 12.0 Å². The number of para-hydroxylation sites is 1. The van der Waals surface area contributed by atoms with Gasteiger partial charge in [0.05, 0.1) is 10.9 Å². The first-order chi connectivity index (χ1) is 12.0. The fourth-order valence-corrected chi connectivity index (χ4v) is 5.14. The van der Waals surface area contributed by atoms with Crippen LogP contribution in [0.25, 0.3) is 10.9 Å². The second-order valence-electron chi connectivity index (χ2n) is 6.30. The number of benzene rings is 2. The Hall–Kier alpha value is -1.49. The van der Waals surface area contributed by atoms with Gasteiger partial charge in [-0.1, -0.05) is 54.2 Å². The molecule has 2 aromatic carbocycles. The van der Waals surface area contributed by atoms with Crippen LogP contribution < -0.4 is 5.56 Å². The van der Waals surface area contributed by atoms with Gasteiger partial charge in [0.25, 0.3) is 5.56 Å². The number of halogens is 2. The average Bonchev–Trinajstić information content (AvgIpc) is 3.25. The lowest BCUT2D eigenvalue weighted by Gasteiger charge is -2.19. The SMILES string of the molecule is Cn1c(SC(c2ccccc2)C2CC2(Cl)Cl)nc2ccccc2c1=O. The monoisotopic (exact) mass is 390 g/mol. The van der Waals surface area contributed by atoms with Gasteiger partial charge < -0.3 is 0 Å². The van der Waals surface area contributed by atoms with Crippen molar-refractivity contribution in [3.63, 3.8) is 0 Å². The molecule has 25 heavy (non-hydrogen) atoms. The van der Waals surface area contributed by atoms with Crippen molar-refractivity contribution < 1.29 is 0 Å². The van der Waals surface area contributed by atoms with Gasteiger partial charge in [-0.15, -0.1) is 23.2 Å². The minimum Gasteiger partial charge on any atom is -0.290 e. The highest BCUT2D eigenvalue weighted by Crippen LogP contribution is 2.63. The summed E-state index contributed by atoms with van der Waals surface area (Å²) < 4.78 is 0.901. The average molecular weight is 391 g/mol. The molecule has 1 aromatic heterocycles. The Balaban J connectivity index is 1.77. The van der Waals surface area contributed by atoms with Crippen LogP contribution >= 0.6 is 35.0 Å². The summed E-state index contributed by atoms with van der Waals surface area (Å²) in [6.07, 6.45) is 0.740. The van der Waals surface area contributed by atoms with Crippen LogP contribution in [0.1, 0.15) is 17.2 Å². The van der Waals surface area contributed by atoms with Gasteiger partial charge in [-0.05, 0) is 24.1 Å². The van der Waals surface area contributed by atoms with E-state index in [2.05, 4.69) is 12.1 Å². The topological polar surface area (TPSA) is 34.9 Å². The van der Waals surface area contributed by atoms with Gasteiger partial charge in [0.2, 0.25) is 0 Å². The van der Waals surface area contributed by atoms with Gasteiger partial charge in [0, 0.05) is 18.2 Å². The lowest BCUT2D eigenvalue weighted by atomic mass is 10.1. The van der Waals surface area contributed by atoms with Crippen molar-refractivity contribution in [1.82, 2.24) is 9.55 Å². The lowest BCUT2D eigenvalue weighted by Crippen LogP contribution is -2.20. The first-order valence-corrected chi connectivity index (χ1v) is 9.66. The minimum atomic E-state index is -0.705. The smallest absolute Gasteiger partial charge is 0.261 e. The molecule has 1 aliphatic carbocycles. The standard InChI is InChI=1S/C19H16Cl2N2OS/c1-23-17(24)13-9-5-6-10-15(13)22-18(23)25-16(14-11-19(14,20)21)12-7-3-2-4-8-12/h2-10,14,16H,11H2,1H3. The maximum Gasteiger partial charge on any atom is 0.261 e. The summed E-state index contributed by atoms with van der Waals surface area (Å²) >= 11 is 14.2. The molecule has 128 valence electrons. The number of nitrogens with zero attached hydrogens (tertiary/aromatic N) is 2. The molecule has 0 amide bonds. The third-order valence-corrected chi connectivity index (χ3v) is 6.84. The van der Waals surface area contributed by atoms with Gasteiger partial charge in [0.1, 0.15) is 4.33 Å². The Morgan fingerprint density at radius 3 is 2.48 bits per heavy atom. The zero-order valence-corrected chi connectivity index (χ0v) is 15.9. The van der Waals surface area contributed by atoms with E-state index in [1.165, 1.54) is 0 Å². The van der Waals surface area contributed by atoms with Crippen LogP contribution in [-0.4, -0.2) is 13.9 Å². The van der Waals surface area contributed by atoms with E-state index in [9.17, 15) is 4.79 Å². The molecule has 1 fully saturated rings. The Bertz CT molecular complexity index is 988. The lowest BCUT2D eigenvalue weighted by molar-refractivity contribution is 0.713. The highest BCUT2D eigenvalue weighted by atomic mass is 35.5. The molecule has 3 nitrogen and oxygen atoms in total. The third kappa shape index (κ3) is 3.19. The number of hydrogen-bond acceptors (Lipinski definition) is 3. The molecule has 2 unspecified atom stereocenters. The highest BCUT2D eigenvalue weighted by Gasteiger charge is 2.56. The van der Waals surface area contributed by atoms with Crippen LogP contribution in [0.5, 0.6) is 0 Å². The largest absolute Gasteiger partial charge is 0.290 e. The van der Waals surface area contributed by atoms with E-state index in [0.29, 0.717) is 16.1 Å². The fraction of sp³-hybridized carbons (Fsp3) is 0.263. The van der Waals surface area contributed by atoms with Crippen molar-refractivity contribution in [2.45, 2.75) is 21.2 Å². The van der Waals surface area contributed by atoms with E-state index >= 15 is 0 Å². The predicted molar refractivity (Wildman–Crippen MR) is 105 cm³/mol. The summed E-state index contributed by atoms with van der Waals surface area (Å²) in [5, 5.41) is 1.35. The first-order valence-electron chi connectivity index (χ1n) is 8.02. The van der Waals surface area contributed by atoms with E-state index < -0.39 is 4.33 Å². The Morgan fingerprint density at radius 1 is 1.16 bits per heavy atom. The Morgan fingerprint density at radius 2 is 1.80 bits per heavy atom. The molecule has 2 atom stereocenters. The van der Waals surface area contributed by atoms with Crippen LogP contribution in [0.3, 0.4) is 0 Å². The minimum absolute atomic E-state index is 0.0429. The molecular formula is C19H16Cl2N2OS. The molecule has 1 saturated carbocycles. The van der Waals surface area contributed by atoms with Crippen molar-refractivity contribution >= 4 is 45.9 Å². The Kier molecular flexibility index (Phi) is 4.30. The van der Waals surface area contributed by atoms with Crippen LogP contribution in [-0.2, 0) is 7.05 Å². The molecule has 4 rings (SSSR count). The molecule has 0 saturated heterocycles. The number of hydrogen-bond donors (Lipinski definition) is 0. The van der Waals surface area contributed by atoms with E-state index in [4.69, 9.17) is 28.2 Å². The summed E-state index contributed by atoms with van der Waals surface area (Å²) in [6, 6.07) is 17.5. The van der Waals surface area contributed by atoms with Gasteiger partial charge >= 0.3 is 0 Å². The van der Waals surface area contributed by atoms with Crippen molar-refractivity contribution in [3.8, 4) is 0 Å². The Labute approximate surface area is 160 Å². The zero-order valence-electron chi connectivity index (χ0n) is 13.5. The van der Waals surface area contributed by atoms with Crippen LogP contribution in [0.2, 0.25) is 0 Å². The van der Waals surface area contributed by atoms with Gasteiger partial charge in [-0.3, -0.25) is 9.36 Å². The number of alkyl halides is 2. The third-order valence-electron chi connectivity index (χ3n) is 4.54. The van der Waals surface area contributed by atoms with E-state index in [1.807, 2.05) is 36.4 Å². The number of rotatable bonds is 4. The second kappa shape index (κ2) is 6.35. The van der Waals surface area contributed by atoms with Crippen molar-refractivity contribution in [3.05, 3.63) is 70.5 Å². The summed E-state index contributed by atoms with van der Waals surface area (Å²) in [4.78, 5) is 17.3. The summed E-state index contributed by atoms with van der Waals surface area (Å²) in [5.74, 6) is 0.131. The normalized spacial score (nSPS) is 19.7. The number of fused-ring (bicyclic) bond motifs is 1. The molecule has 3 aromatic rings. The van der Waals surface area contributed by atoms with Crippen LogP contribution in [0.4, 0.5) is 0 Å². The van der Waals surface area contributed by atoms with Crippen LogP contribution in [0, 0.1) is 5.92 Å². The van der Waals surface area contributed by atoms with Crippen molar-refractivity contribution in [1.29, 1.82) is 0 Å². The number of aromatic nitrogens is 2. The molecule has 0 bridgehead atoms. The van der Waals surface area contributed by atoms with Crippen molar-refractivity contribution in [2.24, 2.45) is 13.0 Å². The molecule has 1 heterocycles. The summed E-state index contributed by atoms with van der Waals surface area (Å²) in [7, 11) is 1.76. The first kappa shape index (κ1) is 17.0. The quantitative estimate of drug-likeness (QED) is 0.358. The van der Waals surface area contributed by atoms with Gasteiger partial charge in [-0.2, -0.15) is 0 Å². The molecule has 0 aliphatic heterocycles. The molecule has 0 spiro atoms. The van der Waals surface area contributed by atoms with Gasteiger partial charge in [0.15, 0.2) is 5.16 Å². The summed E-state index contributed by atoms with van der Waals surface area (Å²) in [6.45, 7) is 0. The second-order valence-corrected chi connectivity index (χ2v) is 8.95. The highest BCUT2D eigenvalue weighted by molar-refractivity contribution is 7.99. The molecule has 0 N–H and O–H groups in total. The van der Waals surface area contributed by atoms with Gasteiger partial charge in [-0.25, -0.2) is 4.98 Å². The van der Waals surface area contributed by atoms with E-state index in [-0.39, 0.29) is 16.7 Å². The predicted octanol–water partition coefficient (Wildman–Crippen LogP) is 4.96. The molecule has 0 radical (unpaired) electrons. The molecule has 6 heteroatoms. The molecular weight excluding hydrogens is 375 g/mol. The molecule has 1 aliphatic rings. The zero-order chi connectivity index (χ0) is 17.6. The summed E-state index contributed by atoms with van der Waals surface area (Å²) in [5.41, 5.74) is 1.81.